The van der Waals surface area contributed by atoms with Gasteiger partial charge < -0.3 is 0 Å². The monoisotopic (exact) mass is 680 g/mol. The van der Waals surface area contributed by atoms with E-state index in [9.17, 15) is 19.5 Å². The minimum absolute atomic E-state index is 0.0789. The third-order valence-electron chi connectivity index (χ3n) is 6.80. The number of carbonyl (C=O) groups excluding carboxylic acids is 3. The quantitative estimate of drug-likeness (QED) is 0.266. The Bertz CT molecular complexity index is 781. The maximum atomic E-state index is 13.5. The second-order valence-corrected chi connectivity index (χ2v) is 13.0. The molecule has 2 rings (SSSR count). The van der Waals surface area contributed by atoms with Crippen LogP contribution in [-0.4, -0.2) is 93.3 Å². The van der Waals surface area contributed by atoms with Crippen LogP contribution in [0.25, 0.3) is 0 Å². The van der Waals surface area contributed by atoms with Crippen LogP contribution < -0.4 is 16.4 Å². The molecule has 0 aromatic rings. The summed E-state index contributed by atoms with van der Waals surface area (Å²) in [5.74, 6) is -0.0922. The van der Waals surface area contributed by atoms with Gasteiger partial charge in [-0.15, -0.1) is 0 Å². The Balaban J connectivity index is 2.01. The molecule has 0 spiro atoms. The maximum absolute atomic E-state index is 13.5. The van der Waals surface area contributed by atoms with Crippen LogP contribution >= 0.6 is 0 Å². The Labute approximate surface area is 226 Å². The molecular weight excluding hydrogens is 634 g/mol. The van der Waals surface area contributed by atoms with Gasteiger partial charge in [-0.05, 0) is 0 Å². The molecule has 1 aliphatic carbocycles. The predicted molar refractivity (Wildman–Crippen MR) is 136 cm³/mol. The van der Waals surface area contributed by atoms with Gasteiger partial charge in [-0.2, -0.15) is 0 Å². The predicted octanol–water partition coefficient (Wildman–Crippen LogP) is 0.616. The topological polar surface area (TPSA) is 137 Å². The summed E-state index contributed by atoms with van der Waals surface area (Å²) in [5.41, 5.74) is 5.40. The van der Waals surface area contributed by atoms with Gasteiger partial charge in [0, 0.05) is 0 Å². The zero-order valence-electron chi connectivity index (χ0n) is 22.5. The molecule has 2 aliphatic rings. The number of carbonyl (C=O) groups is 3. The fraction of sp³-hybridized carbons (Fsp3) is 0.840. The number of nitrogens with two attached hydrogens (primary N) is 1. The van der Waals surface area contributed by atoms with Gasteiger partial charge in [0.05, 0.1) is 0 Å². The number of likely N-dealkylation sites (tertiary alicyclic amines) is 1. The molecular formula is C25H46N5O5W. The molecule has 0 bridgehead atoms. The van der Waals surface area contributed by atoms with E-state index in [1.165, 1.54) is 11.3 Å². The fourth-order valence-corrected chi connectivity index (χ4v) is 6.17. The molecule has 1 heterocycles. The van der Waals surface area contributed by atoms with E-state index < -0.39 is 29.9 Å². The average Bonchev–Trinajstić information content (AvgIpc) is 3.30. The number of aliphatic hydroxyl groups is 1. The molecule has 1 saturated heterocycles. The molecule has 5 N–H and O–H groups in total. The molecule has 207 valence electrons. The second kappa shape index (κ2) is 14.0. The second-order valence-electron chi connectivity index (χ2n) is 11.1. The first-order valence-electron chi connectivity index (χ1n) is 13.1. The summed E-state index contributed by atoms with van der Waals surface area (Å²) >= 11 is 0.794. The Morgan fingerprint density at radius 1 is 1.14 bits per heavy atom. The van der Waals surface area contributed by atoms with Crippen molar-refractivity contribution in [3.8, 4) is 0 Å². The fourth-order valence-electron chi connectivity index (χ4n) is 4.91. The molecule has 2 unspecified atom stereocenters. The third kappa shape index (κ3) is 9.19. The summed E-state index contributed by atoms with van der Waals surface area (Å²) < 4.78 is 6.13. The van der Waals surface area contributed by atoms with Crippen LogP contribution in [0, 0.1) is 5.92 Å². The Kier molecular flexibility index (Phi) is 12.0. The summed E-state index contributed by atoms with van der Waals surface area (Å²) in [7, 11) is 1.63. The minimum atomic E-state index is -0.980. The number of hydrogen-bond donors (Lipinski definition) is 4. The molecule has 0 aromatic heterocycles. The first-order chi connectivity index (χ1) is 16.8. The van der Waals surface area contributed by atoms with Gasteiger partial charge in [-0.1, -0.05) is 6.42 Å². The van der Waals surface area contributed by atoms with E-state index >= 15 is 0 Å². The van der Waals surface area contributed by atoms with Crippen LogP contribution in [-0.2, 0) is 33.7 Å². The van der Waals surface area contributed by atoms with Gasteiger partial charge in [-0.25, -0.2) is 0 Å². The summed E-state index contributed by atoms with van der Waals surface area (Å²) in [6.45, 7) is 8.06. The number of hydrogen-bond acceptors (Lipinski definition) is 7. The zero-order valence-corrected chi connectivity index (χ0v) is 25.7. The van der Waals surface area contributed by atoms with Gasteiger partial charge in [-0.3, -0.25) is 0 Å². The van der Waals surface area contributed by atoms with E-state index in [2.05, 4.69) is 10.6 Å². The third-order valence-corrected chi connectivity index (χ3v) is 7.77. The van der Waals surface area contributed by atoms with Crippen molar-refractivity contribution in [2.75, 3.05) is 26.7 Å². The molecule has 2 fully saturated rings. The summed E-state index contributed by atoms with van der Waals surface area (Å²) in [6.07, 6.45) is 5.56. The summed E-state index contributed by atoms with van der Waals surface area (Å²) in [5, 5.41) is 16.7. The Morgan fingerprint density at radius 3 is 2.33 bits per heavy atom. The van der Waals surface area contributed by atoms with Gasteiger partial charge in [0.15, 0.2) is 0 Å². The number of aliphatic hydroxyl groups excluding tert-OH is 1. The van der Waals surface area contributed by atoms with Crippen LogP contribution in [0.1, 0.15) is 72.6 Å². The number of nitrogens with zero attached hydrogens (tertiary/aromatic N) is 2. The van der Waals surface area contributed by atoms with Gasteiger partial charge >= 0.3 is 220 Å². The van der Waals surface area contributed by atoms with Crippen molar-refractivity contribution in [2.24, 2.45) is 11.7 Å². The number of rotatable bonds is 10. The molecule has 36 heavy (non-hydrogen) atoms. The van der Waals surface area contributed by atoms with Crippen molar-refractivity contribution in [1.29, 1.82) is 0 Å². The van der Waals surface area contributed by atoms with Crippen molar-refractivity contribution in [1.82, 2.24) is 20.4 Å². The van der Waals surface area contributed by atoms with E-state index in [1.54, 1.807) is 39.6 Å². The van der Waals surface area contributed by atoms with Gasteiger partial charge in [0.25, 0.3) is 0 Å². The van der Waals surface area contributed by atoms with Crippen molar-refractivity contribution in [2.45, 2.75) is 102 Å². The standard InChI is InChI=1S/C25H45N5O5.W.H/c1-17(31)21(27-13-15-29(5)24(34)35-25(2,3)4)23(33)30-14-9-12-20(30)22(32)28-19(16-26)18-10-7-6-8-11-18;;/h17-21,27,31H,6-12,14-16,26H2,1-5H3,(H,28,32);;/t17?,19-,20+,21?;;/m1../s1. The van der Waals surface area contributed by atoms with Crippen LogP contribution in [0.2, 0.25) is 0 Å². The van der Waals surface area contributed by atoms with Crippen molar-refractivity contribution in [3.63, 3.8) is 0 Å². The van der Waals surface area contributed by atoms with Gasteiger partial charge in [0.2, 0.25) is 0 Å². The number of likely N-dealkylation sites (N-methyl/N-ethyl adjacent to an activating group) is 1. The van der Waals surface area contributed by atoms with Crippen molar-refractivity contribution >= 4 is 21.9 Å². The number of nitrogens with one attached hydrogen (secondary N) is 2. The molecule has 11 heteroatoms. The van der Waals surface area contributed by atoms with Crippen LogP contribution in [0.4, 0.5) is 4.79 Å². The molecule has 10 nitrogen and oxygen atoms in total. The van der Waals surface area contributed by atoms with Crippen LogP contribution in [0.5, 0.6) is 0 Å². The van der Waals surface area contributed by atoms with Crippen molar-refractivity contribution in [3.05, 3.63) is 0 Å². The van der Waals surface area contributed by atoms with E-state index in [0.29, 0.717) is 25.4 Å². The van der Waals surface area contributed by atoms with Gasteiger partial charge in [0.1, 0.15) is 0 Å². The van der Waals surface area contributed by atoms with E-state index in [0.717, 1.165) is 55.5 Å². The first kappa shape index (κ1) is 30.9. The molecule has 4 atom stereocenters. The summed E-state index contributed by atoms with van der Waals surface area (Å²) in [6, 6.07) is -1.56. The van der Waals surface area contributed by atoms with E-state index in [1.807, 2.05) is 0 Å². The molecule has 0 aromatic carbocycles. The average molecular weight is 681 g/mol. The number of amides is 3. The molecule has 1 aliphatic heterocycles. The van der Waals surface area contributed by atoms with E-state index in [-0.39, 0.29) is 24.4 Å². The Morgan fingerprint density at radius 2 is 1.78 bits per heavy atom. The number of ether oxygens (including phenoxy) is 1. The first-order valence-corrected chi connectivity index (χ1v) is 14.7. The normalized spacial score (nSPS) is 21.4. The summed E-state index contributed by atoms with van der Waals surface area (Å²) in [4.78, 5) is 42.0. The Hall–Kier alpha value is -1.35. The van der Waals surface area contributed by atoms with Crippen molar-refractivity contribution < 1.29 is 43.6 Å². The molecule has 0 radical (unpaired) electrons. The van der Waals surface area contributed by atoms with Crippen LogP contribution in [0.3, 0.4) is 0 Å². The SMILES string of the molecule is CC(O)C(N[C](=[WH])CN(C)C(=O)OC(C)(C)C)C(=O)N1CCC[C@H]1C(=O)N[C@H](CN)C1CCCCC1. The molecule has 3 amide bonds. The van der Waals surface area contributed by atoms with E-state index in [4.69, 9.17) is 10.5 Å². The van der Waals surface area contributed by atoms with Crippen LogP contribution in [0.15, 0.2) is 0 Å². The molecule has 1 saturated carbocycles. The zero-order chi connectivity index (χ0) is 27.0.